The van der Waals surface area contributed by atoms with Crippen molar-refractivity contribution in [3.8, 4) is 0 Å². The average molecular weight is 192 g/mol. The zero-order chi connectivity index (χ0) is 9.80. The predicted octanol–water partition coefficient (Wildman–Crippen LogP) is 1.08. The van der Waals surface area contributed by atoms with Crippen molar-refractivity contribution >= 4 is 0 Å². The summed E-state index contributed by atoms with van der Waals surface area (Å²) in [5, 5.41) is 12.9. The maximum Gasteiger partial charge on any atom is 0.0693 e. The first-order valence-corrected chi connectivity index (χ1v) is 5.17. The van der Waals surface area contributed by atoms with E-state index in [9.17, 15) is 5.11 Å². The highest BCUT2D eigenvalue weighted by Crippen LogP contribution is 2.18. The molecule has 1 aliphatic rings. The Kier molecular flexibility index (Phi) is 3.11. The second-order valence-corrected chi connectivity index (χ2v) is 3.81. The minimum Gasteiger partial charge on any atom is -0.392 e. The van der Waals surface area contributed by atoms with E-state index in [1.54, 1.807) is 6.20 Å². The van der Waals surface area contributed by atoms with Gasteiger partial charge in [0.2, 0.25) is 0 Å². The van der Waals surface area contributed by atoms with Gasteiger partial charge in [-0.3, -0.25) is 4.98 Å². The average Bonchev–Trinajstić information content (AvgIpc) is 2.63. The van der Waals surface area contributed by atoms with Crippen molar-refractivity contribution in [1.29, 1.82) is 0 Å². The van der Waals surface area contributed by atoms with Crippen molar-refractivity contribution in [2.45, 2.75) is 38.0 Å². The summed E-state index contributed by atoms with van der Waals surface area (Å²) >= 11 is 0. The highest BCUT2D eigenvalue weighted by atomic mass is 16.3. The third kappa shape index (κ3) is 2.30. The summed E-state index contributed by atoms with van der Waals surface area (Å²) in [5.41, 5.74) is 1.03. The molecular weight excluding hydrogens is 176 g/mol. The second kappa shape index (κ2) is 4.53. The molecule has 1 aromatic heterocycles. The van der Waals surface area contributed by atoms with Gasteiger partial charge in [0.05, 0.1) is 11.8 Å². The second-order valence-electron chi connectivity index (χ2n) is 3.81. The van der Waals surface area contributed by atoms with Crippen molar-refractivity contribution in [1.82, 2.24) is 10.3 Å². The van der Waals surface area contributed by atoms with Gasteiger partial charge in [0, 0.05) is 18.8 Å². The Morgan fingerprint density at radius 1 is 1.43 bits per heavy atom. The first-order valence-electron chi connectivity index (χ1n) is 5.17. The van der Waals surface area contributed by atoms with Gasteiger partial charge in [-0.15, -0.1) is 0 Å². The van der Waals surface area contributed by atoms with Gasteiger partial charge in [-0.2, -0.15) is 0 Å². The minimum absolute atomic E-state index is 0.168. The van der Waals surface area contributed by atoms with E-state index in [0.29, 0.717) is 0 Å². The quantitative estimate of drug-likeness (QED) is 0.753. The SMILES string of the molecule is O[C@@H]1CCC[C@H]1NCc1ccccn1. The molecule has 1 heterocycles. The van der Waals surface area contributed by atoms with E-state index in [4.69, 9.17) is 0 Å². The van der Waals surface area contributed by atoms with Crippen LogP contribution in [-0.4, -0.2) is 22.2 Å². The number of hydrogen-bond donors (Lipinski definition) is 2. The summed E-state index contributed by atoms with van der Waals surface area (Å²) in [7, 11) is 0. The summed E-state index contributed by atoms with van der Waals surface area (Å²) in [5.74, 6) is 0. The van der Waals surface area contributed by atoms with Gasteiger partial charge < -0.3 is 10.4 Å². The molecule has 0 amide bonds. The van der Waals surface area contributed by atoms with E-state index in [-0.39, 0.29) is 12.1 Å². The van der Waals surface area contributed by atoms with Crippen LogP contribution in [0.4, 0.5) is 0 Å². The molecule has 0 bridgehead atoms. The largest absolute Gasteiger partial charge is 0.392 e. The summed E-state index contributed by atoms with van der Waals surface area (Å²) in [6.07, 6.45) is 4.76. The van der Waals surface area contributed by atoms with Crippen molar-refractivity contribution in [3.05, 3.63) is 30.1 Å². The predicted molar refractivity (Wildman–Crippen MR) is 54.7 cm³/mol. The van der Waals surface area contributed by atoms with Crippen LogP contribution in [-0.2, 0) is 6.54 Å². The molecule has 0 unspecified atom stereocenters. The molecule has 3 heteroatoms. The van der Waals surface area contributed by atoms with Crippen LogP contribution in [0.2, 0.25) is 0 Å². The van der Waals surface area contributed by atoms with Gasteiger partial charge in [-0.25, -0.2) is 0 Å². The van der Waals surface area contributed by atoms with Crippen LogP contribution in [0.5, 0.6) is 0 Å². The lowest BCUT2D eigenvalue weighted by Crippen LogP contribution is -2.35. The number of hydrogen-bond acceptors (Lipinski definition) is 3. The smallest absolute Gasteiger partial charge is 0.0693 e. The third-order valence-electron chi connectivity index (χ3n) is 2.75. The molecule has 2 rings (SSSR count). The molecule has 0 radical (unpaired) electrons. The molecule has 1 aromatic rings. The summed E-state index contributed by atoms with van der Waals surface area (Å²) in [6, 6.07) is 6.15. The van der Waals surface area contributed by atoms with Crippen LogP contribution in [0.1, 0.15) is 25.0 Å². The van der Waals surface area contributed by atoms with Crippen molar-refractivity contribution < 1.29 is 5.11 Å². The number of aromatic nitrogens is 1. The molecule has 3 nitrogen and oxygen atoms in total. The summed E-state index contributed by atoms with van der Waals surface area (Å²) in [6.45, 7) is 0.753. The van der Waals surface area contributed by atoms with Gasteiger partial charge >= 0.3 is 0 Å². The third-order valence-corrected chi connectivity index (χ3v) is 2.75. The van der Waals surface area contributed by atoms with Gasteiger partial charge in [-0.05, 0) is 31.4 Å². The van der Waals surface area contributed by atoms with Crippen molar-refractivity contribution in [3.63, 3.8) is 0 Å². The monoisotopic (exact) mass is 192 g/mol. The molecule has 0 spiro atoms. The lowest BCUT2D eigenvalue weighted by Gasteiger charge is -2.15. The highest BCUT2D eigenvalue weighted by Gasteiger charge is 2.24. The Hall–Kier alpha value is -0.930. The van der Waals surface area contributed by atoms with Gasteiger partial charge in [0.25, 0.3) is 0 Å². The Bertz CT molecular complexity index is 276. The molecule has 0 saturated heterocycles. The Labute approximate surface area is 84.2 Å². The van der Waals surface area contributed by atoms with Crippen molar-refractivity contribution in [2.24, 2.45) is 0 Å². The first kappa shape index (κ1) is 9.62. The van der Waals surface area contributed by atoms with Crippen LogP contribution >= 0.6 is 0 Å². The zero-order valence-electron chi connectivity index (χ0n) is 8.19. The van der Waals surface area contributed by atoms with E-state index < -0.39 is 0 Å². The molecule has 2 N–H and O–H groups in total. The molecule has 0 aromatic carbocycles. The van der Waals surface area contributed by atoms with E-state index in [2.05, 4.69) is 10.3 Å². The Morgan fingerprint density at radius 3 is 3.00 bits per heavy atom. The van der Waals surface area contributed by atoms with Crippen LogP contribution < -0.4 is 5.32 Å². The molecular formula is C11H16N2O. The molecule has 0 aliphatic heterocycles. The summed E-state index contributed by atoms with van der Waals surface area (Å²) < 4.78 is 0. The molecule has 2 atom stereocenters. The molecule has 1 aliphatic carbocycles. The molecule has 76 valence electrons. The molecule has 1 fully saturated rings. The van der Waals surface area contributed by atoms with E-state index in [1.807, 2.05) is 18.2 Å². The van der Waals surface area contributed by atoms with Crippen LogP contribution in [0, 0.1) is 0 Å². The molecule has 1 saturated carbocycles. The fourth-order valence-electron chi connectivity index (χ4n) is 1.92. The fraction of sp³-hybridized carbons (Fsp3) is 0.545. The fourth-order valence-corrected chi connectivity index (χ4v) is 1.92. The van der Waals surface area contributed by atoms with Gasteiger partial charge in [0.1, 0.15) is 0 Å². The highest BCUT2D eigenvalue weighted by molar-refractivity contribution is 5.03. The van der Waals surface area contributed by atoms with E-state index in [1.165, 1.54) is 0 Å². The lowest BCUT2D eigenvalue weighted by atomic mass is 10.2. The summed E-state index contributed by atoms with van der Waals surface area (Å²) in [4.78, 5) is 4.22. The molecule has 14 heavy (non-hydrogen) atoms. The van der Waals surface area contributed by atoms with E-state index in [0.717, 1.165) is 31.5 Å². The number of aliphatic hydroxyl groups is 1. The Morgan fingerprint density at radius 2 is 2.36 bits per heavy atom. The van der Waals surface area contributed by atoms with Crippen LogP contribution in [0.3, 0.4) is 0 Å². The van der Waals surface area contributed by atoms with Gasteiger partial charge in [-0.1, -0.05) is 6.07 Å². The number of nitrogens with zero attached hydrogens (tertiary/aromatic N) is 1. The lowest BCUT2D eigenvalue weighted by molar-refractivity contribution is 0.148. The topological polar surface area (TPSA) is 45.1 Å². The maximum absolute atomic E-state index is 9.58. The minimum atomic E-state index is -0.168. The van der Waals surface area contributed by atoms with Crippen molar-refractivity contribution in [2.75, 3.05) is 0 Å². The number of rotatable bonds is 3. The maximum atomic E-state index is 9.58. The number of nitrogens with one attached hydrogen (secondary N) is 1. The van der Waals surface area contributed by atoms with E-state index >= 15 is 0 Å². The zero-order valence-corrected chi connectivity index (χ0v) is 8.19. The number of aliphatic hydroxyl groups excluding tert-OH is 1. The standard InChI is InChI=1S/C11H16N2O/c14-11-6-3-5-10(11)13-8-9-4-1-2-7-12-9/h1-2,4,7,10-11,13-14H,3,5-6,8H2/t10-,11-/m1/s1. The number of pyridine rings is 1. The normalized spacial score (nSPS) is 26.6. The van der Waals surface area contributed by atoms with Gasteiger partial charge in [0.15, 0.2) is 0 Å². The van der Waals surface area contributed by atoms with Crippen LogP contribution in [0.15, 0.2) is 24.4 Å². The first-order chi connectivity index (χ1) is 6.86. The van der Waals surface area contributed by atoms with Crippen LogP contribution in [0.25, 0.3) is 0 Å². The Balaban J connectivity index is 1.82.